The van der Waals surface area contributed by atoms with Crippen LogP contribution < -0.4 is 5.73 Å². The fourth-order valence-electron chi connectivity index (χ4n) is 1.88. The number of rotatable bonds is 3. The lowest BCUT2D eigenvalue weighted by molar-refractivity contribution is 0.0433. The van der Waals surface area contributed by atoms with Crippen molar-refractivity contribution >= 4 is 0 Å². The van der Waals surface area contributed by atoms with Crippen LogP contribution in [0.3, 0.4) is 0 Å². The highest BCUT2D eigenvalue weighted by Crippen LogP contribution is 2.25. The Morgan fingerprint density at radius 1 is 1.44 bits per heavy atom. The van der Waals surface area contributed by atoms with E-state index in [1.165, 1.54) is 0 Å². The van der Waals surface area contributed by atoms with Crippen molar-refractivity contribution in [2.45, 2.75) is 38.6 Å². The van der Waals surface area contributed by atoms with Gasteiger partial charge >= 0.3 is 0 Å². The van der Waals surface area contributed by atoms with Crippen LogP contribution >= 0.6 is 0 Å². The molecule has 0 bridgehead atoms. The Hall–Kier alpha value is -0.940. The maximum Gasteiger partial charge on any atom is 0.229 e. The zero-order valence-electron chi connectivity index (χ0n) is 9.85. The fourth-order valence-corrected chi connectivity index (χ4v) is 1.88. The lowest BCUT2D eigenvalue weighted by atomic mass is 9.94. The van der Waals surface area contributed by atoms with Gasteiger partial charge in [-0.1, -0.05) is 19.0 Å². The Morgan fingerprint density at radius 2 is 2.25 bits per heavy atom. The third kappa shape index (κ3) is 2.41. The molecule has 5 heteroatoms. The number of aromatic nitrogens is 2. The lowest BCUT2D eigenvalue weighted by Crippen LogP contribution is -2.29. The number of hydrogen-bond donors (Lipinski definition) is 1. The fraction of sp³-hybridized carbons (Fsp3) is 0.818. The second-order valence-corrected chi connectivity index (χ2v) is 4.65. The molecule has 2 unspecified atom stereocenters. The summed E-state index contributed by atoms with van der Waals surface area (Å²) in [4.78, 5) is 4.33. The second-order valence-electron chi connectivity index (χ2n) is 4.65. The van der Waals surface area contributed by atoms with Crippen LogP contribution in [0.2, 0.25) is 0 Å². The third-order valence-corrected chi connectivity index (χ3v) is 2.95. The van der Waals surface area contributed by atoms with Crippen molar-refractivity contribution in [1.82, 2.24) is 10.1 Å². The number of nitrogens with zero attached hydrogens (tertiary/aromatic N) is 2. The highest BCUT2D eigenvalue weighted by molar-refractivity contribution is 4.98. The molecule has 2 heterocycles. The van der Waals surface area contributed by atoms with Crippen molar-refractivity contribution in [2.75, 3.05) is 13.2 Å². The Kier molecular flexibility index (Phi) is 3.56. The molecular formula is C11H19N3O2. The van der Waals surface area contributed by atoms with Crippen molar-refractivity contribution in [3.05, 3.63) is 11.7 Å². The molecule has 1 aromatic heterocycles. The first kappa shape index (κ1) is 11.5. The largest absolute Gasteiger partial charge is 0.381 e. The monoisotopic (exact) mass is 225 g/mol. The van der Waals surface area contributed by atoms with Crippen molar-refractivity contribution in [1.29, 1.82) is 0 Å². The van der Waals surface area contributed by atoms with Gasteiger partial charge < -0.3 is 15.0 Å². The maximum atomic E-state index is 6.12. The predicted molar refractivity (Wildman–Crippen MR) is 58.9 cm³/mol. The van der Waals surface area contributed by atoms with Crippen LogP contribution in [0.4, 0.5) is 0 Å². The molecule has 90 valence electrons. The molecule has 0 amide bonds. The van der Waals surface area contributed by atoms with Crippen LogP contribution in [-0.4, -0.2) is 23.4 Å². The molecule has 0 radical (unpaired) electrons. The first-order valence-corrected chi connectivity index (χ1v) is 5.85. The molecule has 2 N–H and O–H groups in total. The molecule has 0 aliphatic carbocycles. The summed E-state index contributed by atoms with van der Waals surface area (Å²) < 4.78 is 10.6. The highest BCUT2D eigenvalue weighted by Gasteiger charge is 2.26. The average molecular weight is 225 g/mol. The molecule has 0 aromatic carbocycles. The molecule has 5 nitrogen and oxygen atoms in total. The number of hydrogen-bond acceptors (Lipinski definition) is 5. The van der Waals surface area contributed by atoms with E-state index in [1.807, 2.05) is 13.8 Å². The van der Waals surface area contributed by atoms with E-state index in [1.54, 1.807) is 0 Å². The van der Waals surface area contributed by atoms with Gasteiger partial charge in [-0.2, -0.15) is 4.98 Å². The molecule has 0 spiro atoms. The maximum absolute atomic E-state index is 6.12. The zero-order chi connectivity index (χ0) is 11.5. The molecule has 2 rings (SSSR count). The van der Waals surface area contributed by atoms with Gasteiger partial charge in [0.1, 0.15) is 0 Å². The van der Waals surface area contributed by atoms with Gasteiger partial charge in [0.25, 0.3) is 0 Å². The summed E-state index contributed by atoms with van der Waals surface area (Å²) in [7, 11) is 0. The summed E-state index contributed by atoms with van der Waals surface area (Å²) in [6.07, 6.45) is 2.14. The quantitative estimate of drug-likeness (QED) is 0.846. The summed E-state index contributed by atoms with van der Waals surface area (Å²) >= 11 is 0. The van der Waals surface area contributed by atoms with Crippen molar-refractivity contribution in [3.63, 3.8) is 0 Å². The Labute approximate surface area is 95.3 Å². The van der Waals surface area contributed by atoms with Gasteiger partial charge in [-0.3, -0.25) is 0 Å². The van der Waals surface area contributed by atoms with Gasteiger partial charge in [-0.05, 0) is 12.8 Å². The summed E-state index contributed by atoms with van der Waals surface area (Å²) in [6.45, 7) is 5.58. The molecule has 1 aromatic rings. The molecule has 1 aliphatic rings. The average Bonchev–Trinajstić information content (AvgIpc) is 2.78. The van der Waals surface area contributed by atoms with Crippen LogP contribution in [-0.2, 0) is 4.74 Å². The number of ether oxygens (including phenoxy) is 1. The summed E-state index contributed by atoms with van der Waals surface area (Å²) in [5.74, 6) is 1.82. The smallest absolute Gasteiger partial charge is 0.229 e. The highest BCUT2D eigenvalue weighted by atomic mass is 16.5. The van der Waals surface area contributed by atoms with Gasteiger partial charge in [0.05, 0.1) is 12.6 Å². The standard InChI is InChI=1S/C11H19N3O2/c1-7(2)11-13-10(14-16-11)9(12)8-4-3-5-15-6-8/h7-9H,3-6,12H2,1-2H3. The first-order valence-electron chi connectivity index (χ1n) is 5.85. The summed E-state index contributed by atoms with van der Waals surface area (Å²) in [5.41, 5.74) is 6.12. The molecular weight excluding hydrogens is 206 g/mol. The molecule has 1 aliphatic heterocycles. The van der Waals surface area contributed by atoms with Gasteiger partial charge in [0, 0.05) is 18.4 Å². The van der Waals surface area contributed by atoms with E-state index < -0.39 is 0 Å². The SMILES string of the molecule is CC(C)c1nc(C(N)C2CCCOC2)no1. The molecule has 1 fully saturated rings. The number of nitrogens with two attached hydrogens (primary N) is 1. The van der Waals surface area contributed by atoms with E-state index in [9.17, 15) is 0 Å². The van der Waals surface area contributed by atoms with Crippen LogP contribution in [0.25, 0.3) is 0 Å². The minimum absolute atomic E-state index is 0.170. The third-order valence-electron chi connectivity index (χ3n) is 2.95. The topological polar surface area (TPSA) is 74.2 Å². The van der Waals surface area contributed by atoms with Crippen molar-refractivity contribution in [2.24, 2.45) is 11.7 Å². The second kappa shape index (κ2) is 4.93. The minimum Gasteiger partial charge on any atom is -0.381 e. The summed E-state index contributed by atoms with van der Waals surface area (Å²) in [5, 5.41) is 3.95. The van der Waals surface area contributed by atoms with E-state index in [0.29, 0.717) is 24.2 Å². The van der Waals surface area contributed by atoms with Crippen molar-refractivity contribution < 1.29 is 9.26 Å². The van der Waals surface area contributed by atoms with Crippen LogP contribution in [0.5, 0.6) is 0 Å². The normalized spacial score (nSPS) is 23.6. The molecule has 2 atom stereocenters. The first-order chi connectivity index (χ1) is 7.68. The van der Waals surface area contributed by atoms with Gasteiger partial charge in [0.2, 0.25) is 5.89 Å². The van der Waals surface area contributed by atoms with Crippen LogP contribution in [0.15, 0.2) is 4.52 Å². The Balaban J connectivity index is 2.04. The molecule has 0 saturated carbocycles. The minimum atomic E-state index is -0.170. The predicted octanol–water partition coefficient (Wildman–Crippen LogP) is 1.62. The van der Waals surface area contributed by atoms with Crippen LogP contribution in [0, 0.1) is 5.92 Å². The molecule has 1 saturated heterocycles. The van der Waals surface area contributed by atoms with Gasteiger partial charge in [-0.15, -0.1) is 0 Å². The van der Waals surface area contributed by atoms with Crippen molar-refractivity contribution in [3.8, 4) is 0 Å². The summed E-state index contributed by atoms with van der Waals surface area (Å²) in [6, 6.07) is -0.170. The Bertz CT molecular complexity index is 332. The van der Waals surface area contributed by atoms with E-state index >= 15 is 0 Å². The lowest BCUT2D eigenvalue weighted by Gasteiger charge is -2.25. The van der Waals surface area contributed by atoms with E-state index in [2.05, 4.69) is 10.1 Å². The van der Waals surface area contributed by atoms with Crippen LogP contribution in [0.1, 0.15) is 50.4 Å². The van der Waals surface area contributed by atoms with Gasteiger partial charge in [0.15, 0.2) is 5.82 Å². The van der Waals surface area contributed by atoms with E-state index in [0.717, 1.165) is 19.4 Å². The zero-order valence-corrected chi connectivity index (χ0v) is 9.85. The molecule has 16 heavy (non-hydrogen) atoms. The van der Waals surface area contributed by atoms with Gasteiger partial charge in [-0.25, -0.2) is 0 Å². The Morgan fingerprint density at radius 3 is 2.81 bits per heavy atom. The van der Waals surface area contributed by atoms with E-state index in [-0.39, 0.29) is 12.0 Å². The van der Waals surface area contributed by atoms with E-state index in [4.69, 9.17) is 15.0 Å².